The Morgan fingerprint density at radius 3 is 2.63 bits per heavy atom. The van der Waals surface area contributed by atoms with Crippen molar-refractivity contribution < 1.29 is 4.74 Å². The number of hydrogen-bond acceptors (Lipinski definition) is 2. The molecular formula is C14H28IN3O. The van der Waals surface area contributed by atoms with Crippen LogP contribution in [-0.2, 0) is 4.74 Å². The fourth-order valence-electron chi connectivity index (χ4n) is 3.13. The quantitative estimate of drug-likeness (QED) is 0.447. The first-order valence-corrected chi connectivity index (χ1v) is 7.35. The fourth-order valence-corrected chi connectivity index (χ4v) is 3.13. The van der Waals surface area contributed by atoms with Crippen LogP contribution in [0.5, 0.6) is 0 Å². The lowest BCUT2D eigenvalue weighted by atomic mass is 9.93. The van der Waals surface area contributed by atoms with Crippen molar-refractivity contribution in [2.45, 2.75) is 58.1 Å². The second kappa shape index (κ2) is 8.29. The van der Waals surface area contributed by atoms with Crippen LogP contribution in [0.3, 0.4) is 0 Å². The fraction of sp³-hybridized carbons (Fsp3) is 0.929. The minimum Gasteiger partial charge on any atom is -0.378 e. The van der Waals surface area contributed by atoms with Crippen LogP contribution in [0.4, 0.5) is 0 Å². The normalized spacial score (nSPS) is 28.7. The molecule has 1 saturated heterocycles. The summed E-state index contributed by atoms with van der Waals surface area (Å²) in [6.07, 6.45) is 6.57. The van der Waals surface area contributed by atoms with Crippen molar-refractivity contribution in [3.05, 3.63) is 0 Å². The van der Waals surface area contributed by atoms with Crippen LogP contribution in [0.15, 0.2) is 4.99 Å². The van der Waals surface area contributed by atoms with E-state index in [1.807, 2.05) is 0 Å². The largest absolute Gasteiger partial charge is 0.378 e. The number of guanidine groups is 1. The van der Waals surface area contributed by atoms with Crippen LogP contribution in [0, 0.1) is 11.8 Å². The van der Waals surface area contributed by atoms with Gasteiger partial charge < -0.3 is 15.8 Å². The predicted octanol–water partition coefficient (Wildman–Crippen LogP) is 2.51. The summed E-state index contributed by atoms with van der Waals surface area (Å²) in [5, 5.41) is 3.33. The van der Waals surface area contributed by atoms with E-state index in [0.29, 0.717) is 29.9 Å². The second-order valence-electron chi connectivity index (χ2n) is 5.98. The van der Waals surface area contributed by atoms with E-state index in [9.17, 15) is 0 Å². The number of nitrogens with one attached hydrogen (secondary N) is 1. The maximum atomic E-state index is 5.95. The monoisotopic (exact) mass is 381 g/mol. The van der Waals surface area contributed by atoms with Crippen molar-refractivity contribution in [1.29, 1.82) is 0 Å². The zero-order chi connectivity index (χ0) is 13.0. The molecule has 2 aliphatic rings. The maximum absolute atomic E-state index is 5.95. The molecule has 0 bridgehead atoms. The van der Waals surface area contributed by atoms with Gasteiger partial charge in [0.2, 0.25) is 0 Å². The van der Waals surface area contributed by atoms with Crippen molar-refractivity contribution in [2.75, 3.05) is 13.2 Å². The van der Waals surface area contributed by atoms with E-state index in [2.05, 4.69) is 24.2 Å². The van der Waals surface area contributed by atoms with Crippen molar-refractivity contribution in [1.82, 2.24) is 5.32 Å². The summed E-state index contributed by atoms with van der Waals surface area (Å²) in [5.74, 6) is 1.72. The van der Waals surface area contributed by atoms with Crippen molar-refractivity contribution in [2.24, 2.45) is 22.6 Å². The first-order valence-electron chi connectivity index (χ1n) is 7.35. The molecular weight excluding hydrogens is 353 g/mol. The van der Waals surface area contributed by atoms with E-state index in [1.165, 1.54) is 25.7 Å². The van der Waals surface area contributed by atoms with Gasteiger partial charge in [0.25, 0.3) is 0 Å². The third-order valence-corrected chi connectivity index (χ3v) is 4.12. The Balaban J connectivity index is 0.00000180. The molecule has 1 aliphatic heterocycles. The molecule has 0 spiro atoms. The van der Waals surface area contributed by atoms with Gasteiger partial charge in [0, 0.05) is 25.1 Å². The molecule has 1 aliphatic carbocycles. The van der Waals surface area contributed by atoms with Gasteiger partial charge >= 0.3 is 0 Å². The van der Waals surface area contributed by atoms with Gasteiger partial charge in [0.1, 0.15) is 0 Å². The minimum atomic E-state index is 0. The zero-order valence-corrected chi connectivity index (χ0v) is 14.4. The highest BCUT2D eigenvalue weighted by Gasteiger charge is 2.30. The molecule has 0 radical (unpaired) electrons. The van der Waals surface area contributed by atoms with Crippen LogP contribution >= 0.6 is 24.0 Å². The highest BCUT2D eigenvalue weighted by atomic mass is 127. The molecule has 2 unspecified atom stereocenters. The third-order valence-electron chi connectivity index (χ3n) is 4.12. The zero-order valence-electron chi connectivity index (χ0n) is 12.1. The van der Waals surface area contributed by atoms with Gasteiger partial charge in [-0.15, -0.1) is 24.0 Å². The summed E-state index contributed by atoms with van der Waals surface area (Å²) in [6, 6.07) is 0.550. The molecule has 0 aromatic heterocycles. The average molecular weight is 381 g/mol. The standard InChI is InChI=1S/C14H27N3O.HI/c1-10(2)13-11(7-8-18-13)9-16-14(15)17-12-5-3-4-6-12;/h10-13H,3-9H2,1-2H3,(H3,15,16,17);1H. The van der Waals surface area contributed by atoms with E-state index in [4.69, 9.17) is 10.5 Å². The van der Waals surface area contributed by atoms with Gasteiger partial charge in [0.15, 0.2) is 5.96 Å². The first kappa shape index (κ1) is 17.0. The molecule has 5 heteroatoms. The van der Waals surface area contributed by atoms with E-state index >= 15 is 0 Å². The summed E-state index contributed by atoms with van der Waals surface area (Å²) in [4.78, 5) is 4.51. The van der Waals surface area contributed by atoms with E-state index < -0.39 is 0 Å². The number of ether oxygens (including phenoxy) is 1. The Hall–Kier alpha value is -0.0400. The number of halogens is 1. The maximum Gasteiger partial charge on any atom is 0.188 e. The molecule has 1 saturated carbocycles. The van der Waals surface area contributed by atoms with Gasteiger partial charge in [0.05, 0.1) is 6.10 Å². The van der Waals surface area contributed by atoms with Gasteiger partial charge in [-0.1, -0.05) is 26.7 Å². The third kappa shape index (κ3) is 5.10. The number of nitrogens with two attached hydrogens (primary N) is 1. The molecule has 2 atom stereocenters. The predicted molar refractivity (Wildman–Crippen MR) is 90.0 cm³/mol. The van der Waals surface area contributed by atoms with Gasteiger partial charge in [-0.2, -0.15) is 0 Å². The van der Waals surface area contributed by atoms with Crippen LogP contribution < -0.4 is 11.1 Å². The van der Waals surface area contributed by atoms with E-state index in [1.54, 1.807) is 0 Å². The minimum absolute atomic E-state index is 0. The van der Waals surface area contributed by atoms with E-state index in [0.717, 1.165) is 19.6 Å². The van der Waals surface area contributed by atoms with Crippen LogP contribution in [0.1, 0.15) is 46.0 Å². The molecule has 2 rings (SSSR count). The second-order valence-corrected chi connectivity index (χ2v) is 5.98. The average Bonchev–Trinajstić information content (AvgIpc) is 2.96. The first-order chi connectivity index (χ1) is 8.66. The summed E-state index contributed by atoms with van der Waals surface area (Å²) < 4.78 is 5.76. The molecule has 3 N–H and O–H groups in total. The molecule has 19 heavy (non-hydrogen) atoms. The lowest BCUT2D eigenvalue weighted by Crippen LogP contribution is -2.39. The Morgan fingerprint density at radius 2 is 2.00 bits per heavy atom. The van der Waals surface area contributed by atoms with Crippen LogP contribution in [-0.4, -0.2) is 31.3 Å². The SMILES string of the molecule is CC(C)C1OCCC1CN=C(N)NC1CCCC1.I. The Kier molecular flexibility index (Phi) is 7.42. The molecule has 1 heterocycles. The molecule has 0 aromatic carbocycles. The molecule has 112 valence electrons. The number of nitrogens with zero attached hydrogens (tertiary/aromatic N) is 1. The highest BCUT2D eigenvalue weighted by molar-refractivity contribution is 14.0. The van der Waals surface area contributed by atoms with Crippen LogP contribution in [0.2, 0.25) is 0 Å². The van der Waals surface area contributed by atoms with Gasteiger partial charge in [-0.05, 0) is 25.2 Å². The highest BCUT2D eigenvalue weighted by Crippen LogP contribution is 2.26. The summed E-state index contributed by atoms with van der Waals surface area (Å²) in [5.41, 5.74) is 5.95. The molecule has 4 nitrogen and oxygen atoms in total. The number of rotatable bonds is 4. The summed E-state index contributed by atoms with van der Waals surface area (Å²) >= 11 is 0. The summed E-state index contributed by atoms with van der Waals surface area (Å²) in [6.45, 7) is 6.10. The molecule has 2 fully saturated rings. The lowest BCUT2D eigenvalue weighted by Gasteiger charge is -2.21. The van der Waals surface area contributed by atoms with Gasteiger partial charge in [-0.25, -0.2) is 0 Å². The Labute approximate surface area is 134 Å². The lowest BCUT2D eigenvalue weighted by molar-refractivity contribution is 0.0559. The number of hydrogen-bond donors (Lipinski definition) is 2. The number of aliphatic imine (C=N–C) groups is 1. The van der Waals surface area contributed by atoms with Crippen molar-refractivity contribution >= 4 is 29.9 Å². The van der Waals surface area contributed by atoms with Crippen molar-refractivity contribution in [3.8, 4) is 0 Å². The molecule has 0 amide bonds. The van der Waals surface area contributed by atoms with Gasteiger partial charge in [-0.3, -0.25) is 4.99 Å². The Morgan fingerprint density at radius 1 is 1.32 bits per heavy atom. The van der Waals surface area contributed by atoms with E-state index in [-0.39, 0.29) is 24.0 Å². The summed E-state index contributed by atoms with van der Waals surface area (Å²) in [7, 11) is 0. The topological polar surface area (TPSA) is 59.6 Å². The van der Waals surface area contributed by atoms with Crippen molar-refractivity contribution in [3.63, 3.8) is 0 Å². The van der Waals surface area contributed by atoms with Crippen LogP contribution in [0.25, 0.3) is 0 Å². The molecule has 0 aromatic rings. The smallest absolute Gasteiger partial charge is 0.188 e. The Bertz CT molecular complexity index is 290.